The first kappa shape index (κ1) is 25.1. The van der Waals surface area contributed by atoms with Crippen LogP contribution in [0.3, 0.4) is 0 Å². The van der Waals surface area contributed by atoms with Gasteiger partial charge in [0.2, 0.25) is 0 Å². The minimum absolute atomic E-state index is 0.231. The number of aromatic nitrogens is 7. The molecule has 0 unspecified atom stereocenters. The molecule has 202 valence electrons. The Morgan fingerprint density at radius 1 is 1.07 bits per heavy atom. The Kier molecular flexibility index (Phi) is 6.84. The third-order valence-corrected chi connectivity index (χ3v) is 6.84. The van der Waals surface area contributed by atoms with Gasteiger partial charge in [-0.2, -0.15) is 10.2 Å². The number of anilines is 3. The van der Waals surface area contributed by atoms with Gasteiger partial charge in [0, 0.05) is 29.0 Å². The van der Waals surface area contributed by atoms with Crippen LogP contribution >= 0.6 is 0 Å². The van der Waals surface area contributed by atoms with E-state index in [9.17, 15) is 4.79 Å². The SMILES string of the molecule is CCc1c(NC(=O)OCCn2ccnc2C)cn2ncnc(Nc3ccc4c(cnn4Cc4ccccc4)c3)c12. The van der Waals surface area contributed by atoms with Gasteiger partial charge in [-0.1, -0.05) is 37.3 Å². The van der Waals surface area contributed by atoms with Crippen molar-refractivity contribution in [2.45, 2.75) is 33.4 Å². The summed E-state index contributed by atoms with van der Waals surface area (Å²) in [5.74, 6) is 1.51. The first-order chi connectivity index (χ1) is 19.6. The Bertz CT molecular complexity index is 1790. The maximum atomic E-state index is 12.6. The summed E-state index contributed by atoms with van der Waals surface area (Å²) >= 11 is 0. The van der Waals surface area contributed by atoms with E-state index in [4.69, 9.17) is 4.74 Å². The van der Waals surface area contributed by atoms with Crippen LogP contribution in [0.1, 0.15) is 23.9 Å². The van der Waals surface area contributed by atoms with Gasteiger partial charge in [0.25, 0.3) is 0 Å². The van der Waals surface area contributed by atoms with Gasteiger partial charge in [-0.25, -0.2) is 19.3 Å². The number of fused-ring (bicyclic) bond motifs is 2. The van der Waals surface area contributed by atoms with Crippen molar-refractivity contribution in [1.29, 1.82) is 0 Å². The Balaban J connectivity index is 1.19. The van der Waals surface area contributed by atoms with Gasteiger partial charge < -0.3 is 14.6 Å². The third-order valence-electron chi connectivity index (χ3n) is 6.84. The highest BCUT2D eigenvalue weighted by molar-refractivity contribution is 5.91. The predicted octanol–water partition coefficient (Wildman–Crippen LogP) is 5.19. The lowest BCUT2D eigenvalue weighted by Gasteiger charge is -2.10. The highest BCUT2D eigenvalue weighted by atomic mass is 16.5. The van der Waals surface area contributed by atoms with Crippen molar-refractivity contribution < 1.29 is 9.53 Å². The molecule has 1 amide bonds. The average Bonchev–Trinajstić information content (AvgIpc) is 3.66. The summed E-state index contributed by atoms with van der Waals surface area (Å²) in [6, 6.07) is 16.4. The quantitative estimate of drug-likeness (QED) is 0.262. The predicted molar refractivity (Wildman–Crippen MR) is 153 cm³/mol. The highest BCUT2D eigenvalue weighted by Crippen LogP contribution is 2.30. The van der Waals surface area contributed by atoms with E-state index >= 15 is 0 Å². The highest BCUT2D eigenvalue weighted by Gasteiger charge is 2.17. The molecular weight excluding hydrogens is 506 g/mol. The van der Waals surface area contributed by atoms with Crippen molar-refractivity contribution in [3.05, 3.63) is 96.6 Å². The molecule has 0 aliphatic heterocycles. The fourth-order valence-corrected chi connectivity index (χ4v) is 4.84. The van der Waals surface area contributed by atoms with Crippen LogP contribution in [0, 0.1) is 6.92 Å². The summed E-state index contributed by atoms with van der Waals surface area (Å²) in [6.07, 6.45) is 8.85. The molecule has 0 atom stereocenters. The first-order valence-corrected chi connectivity index (χ1v) is 13.1. The molecule has 0 bridgehead atoms. The number of aryl methyl sites for hydroxylation is 2. The lowest BCUT2D eigenvalue weighted by molar-refractivity contribution is 0.157. The number of benzene rings is 2. The number of carbonyl (C=O) groups is 1. The van der Waals surface area contributed by atoms with E-state index in [2.05, 4.69) is 55.1 Å². The summed E-state index contributed by atoms with van der Waals surface area (Å²) in [5.41, 5.74) is 5.44. The average molecular weight is 536 g/mol. The minimum atomic E-state index is -0.524. The fourth-order valence-electron chi connectivity index (χ4n) is 4.84. The van der Waals surface area contributed by atoms with Gasteiger partial charge in [0.15, 0.2) is 5.82 Å². The van der Waals surface area contributed by atoms with E-state index in [1.807, 2.05) is 59.8 Å². The van der Waals surface area contributed by atoms with Crippen LogP contribution in [0.5, 0.6) is 0 Å². The van der Waals surface area contributed by atoms with Crippen LogP contribution in [0.4, 0.5) is 22.0 Å². The number of imidazole rings is 1. The zero-order valence-electron chi connectivity index (χ0n) is 22.3. The zero-order chi connectivity index (χ0) is 27.5. The second-order valence-electron chi connectivity index (χ2n) is 9.39. The summed E-state index contributed by atoms with van der Waals surface area (Å²) < 4.78 is 11.0. The summed E-state index contributed by atoms with van der Waals surface area (Å²) in [4.78, 5) is 21.3. The van der Waals surface area contributed by atoms with Crippen molar-refractivity contribution >= 4 is 39.7 Å². The van der Waals surface area contributed by atoms with Gasteiger partial charge in [-0.3, -0.25) is 10.00 Å². The van der Waals surface area contributed by atoms with Crippen LogP contribution in [0.2, 0.25) is 0 Å². The van der Waals surface area contributed by atoms with Gasteiger partial charge in [-0.05, 0) is 37.1 Å². The minimum Gasteiger partial charge on any atom is -0.447 e. The lowest BCUT2D eigenvalue weighted by Crippen LogP contribution is -2.17. The standard InChI is InChI=1S/C29H29N9O2/c1-3-24-25(35-29(39)40-14-13-36-12-11-30-20(36)2)18-38-27(24)28(31-19-33-38)34-23-9-10-26-22(15-23)16-32-37(26)17-21-7-5-4-6-8-21/h4-12,15-16,18-19H,3,13-14,17H2,1-2H3,(H,35,39)(H,31,33,34). The number of amides is 1. The van der Waals surface area contributed by atoms with Gasteiger partial charge in [-0.15, -0.1) is 0 Å². The molecule has 0 spiro atoms. The Morgan fingerprint density at radius 2 is 1.95 bits per heavy atom. The molecule has 6 rings (SSSR count). The molecule has 0 aliphatic rings. The molecular formula is C29H29N9O2. The van der Waals surface area contributed by atoms with E-state index < -0.39 is 6.09 Å². The third kappa shape index (κ3) is 5.08. The molecule has 0 fully saturated rings. The van der Waals surface area contributed by atoms with Crippen molar-refractivity contribution in [1.82, 2.24) is 33.9 Å². The smallest absolute Gasteiger partial charge is 0.411 e. The Morgan fingerprint density at radius 3 is 2.75 bits per heavy atom. The number of hydrogen-bond donors (Lipinski definition) is 2. The van der Waals surface area contributed by atoms with Crippen molar-refractivity contribution in [3.8, 4) is 0 Å². The van der Waals surface area contributed by atoms with Crippen molar-refractivity contribution in [3.63, 3.8) is 0 Å². The lowest BCUT2D eigenvalue weighted by atomic mass is 10.2. The second-order valence-corrected chi connectivity index (χ2v) is 9.39. The van der Waals surface area contributed by atoms with Crippen LogP contribution in [-0.4, -0.2) is 46.6 Å². The number of ether oxygens (including phenoxy) is 1. The molecule has 0 radical (unpaired) electrons. The van der Waals surface area contributed by atoms with E-state index in [1.54, 1.807) is 16.9 Å². The molecule has 4 heterocycles. The van der Waals surface area contributed by atoms with Crippen LogP contribution in [0.15, 0.2) is 79.6 Å². The van der Waals surface area contributed by atoms with Gasteiger partial charge in [0.05, 0.1) is 36.7 Å². The van der Waals surface area contributed by atoms with Crippen LogP contribution < -0.4 is 10.6 Å². The number of rotatable bonds is 9. The van der Waals surface area contributed by atoms with Crippen molar-refractivity contribution in [2.75, 3.05) is 17.2 Å². The van der Waals surface area contributed by atoms with Crippen LogP contribution in [-0.2, 0) is 24.2 Å². The molecule has 11 nitrogen and oxygen atoms in total. The molecule has 4 aromatic heterocycles. The van der Waals surface area contributed by atoms with Crippen LogP contribution in [0.25, 0.3) is 16.4 Å². The summed E-state index contributed by atoms with van der Waals surface area (Å²) in [7, 11) is 0. The van der Waals surface area contributed by atoms with E-state index in [0.29, 0.717) is 31.0 Å². The zero-order valence-corrected chi connectivity index (χ0v) is 22.3. The fraction of sp³-hybridized carbons (Fsp3) is 0.207. The van der Waals surface area contributed by atoms with E-state index in [0.717, 1.165) is 33.5 Å². The monoisotopic (exact) mass is 535 g/mol. The normalized spacial score (nSPS) is 11.2. The molecule has 2 N–H and O–H groups in total. The number of carbonyl (C=O) groups excluding carboxylic acids is 1. The number of hydrogen-bond acceptors (Lipinski definition) is 7. The molecule has 6 aromatic rings. The molecule has 0 aliphatic carbocycles. The van der Waals surface area contributed by atoms with E-state index in [-0.39, 0.29) is 6.61 Å². The topological polar surface area (TPSA) is 116 Å². The van der Waals surface area contributed by atoms with Gasteiger partial charge in [0.1, 0.15) is 24.3 Å². The molecule has 40 heavy (non-hydrogen) atoms. The summed E-state index contributed by atoms with van der Waals surface area (Å²) in [6.45, 7) is 5.40. The molecule has 2 aromatic carbocycles. The van der Waals surface area contributed by atoms with Gasteiger partial charge >= 0.3 is 6.09 Å². The molecule has 11 heteroatoms. The maximum Gasteiger partial charge on any atom is 0.411 e. The van der Waals surface area contributed by atoms with Crippen molar-refractivity contribution in [2.24, 2.45) is 0 Å². The number of nitrogens with one attached hydrogen (secondary N) is 2. The first-order valence-electron chi connectivity index (χ1n) is 13.1. The maximum absolute atomic E-state index is 12.6. The largest absolute Gasteiger partial charge is 0.447 e. The molecule has 0 saturated carbocycles. The molecule has 0 saturated heterocycles. The Hall–Kier alpha value is -5.19. The summed E-state index contributed by atoms with van der Waals surface area (Å²) in [5, 5.41) is 16.3. The second kappa shape index (κ2) is 10.9. The number of nitrogens with zero attached hydrogens (tertiary/aromatic N) is 7. The Labute approximate surface area is 230 Å². The van der Waals surface area contributed by atoms with E-state index in [1.165, 1.54) is 11.9 Å².